The van der Waals surface area contributed by atoms with Crippen molar-refractivity contribution in [2.75, 3.05) is 30.3 Å². The maximum Gasteiger partial charge on any atom is 0.222 e. The van der Waals surface area contributed by atoms with E-state index in [1.807, 2.05) is 6.07 Å². The molecule has 23 heavy (non-hydrogen) atoms. The van der Waals surface area contributed by atoms with E-state index in [-0.39, 0.29) is 6.04 Å². The van der Waals surface area contributed by atoms with Gasteiger partial charge in [0.25, 0.3) is 0 Å². The molecule has 122 valence electrons. The molecule has 0 spiro atoms. The van der Waals surface area contributed by atoms with Crippen LogP contribution in [0.5, 0.6) is 0 Å². The highest BCUT2D eigenvalue weighted by Gasteiger charge is 2.24. The van der Waals surface area contributed by atoms with Gasteiger partial charge in [-0.05, 0) is 17.5 Å². The quantitative estimate of drug-likeness (QED) is 0.862. The molecule has 1 aliphatic heterocycles. The molecule has 1 aliphatic rings. The van der Waals surface area contributed by atoms with Gasteiger partial charge in [-0.1, -0.05) is 48.0 Å². The maximum absolute atomic E-state index is 5.90. The predicted octanol–water partition coefficient (Wildman–Crippen LogP) is 3.10. The molecule has 1 aromatic heterocycles. The first-order chi connectivity index (χ1) is 11.0. The predicted molar refractivity (Wildman–Crippen MR) is 97.6 cm³/mol. The van der Waals surface area contributed by atoms with Gasteiger partial charge in [0, 0.05) is 30.2 Å². The molecule has 5 nitrogen and oxygen atoms in total. The summed E-state index contributed by atoms with van der Waals surface area (Å²) < 4.78 is 1.13. The first-order valence-corrected chi connectivity index (χ1v) is 8.71. The molecule has 2 heterocycles. The number of hydrogen-bond acceptors (Lipinski definition) is 5. The molecule has 1 aromatic carbocycles. The standard InChI is InChI=1S/C17H22BrN5/c1-11(2)14-9-16(22-17(19)21-14)23-8-7-20-15(10-23)12-5-3-4-6-13(12)18/h3-6,9,11,15,20H,7-8,10H2,1-2H3,(H2,19,21,22). The monoisotopic (exact) mass is 375 g/mol. The molecule has 0 amide bonds. The zero-order valence-electron chi connectivity index (χ0n) is 13.5. The average molecular weight is 376 g/mol. The highest BCUT2D eigenvalue weighted by Crippen LogP contribution is 2.28. The van der Waals surface area contributed by atoms with Gasteiger partial charge in [0.05, 0.1) is 11.7 Å². The smallest absolute Gasteiger partial charge is 0.222 e. The molecule has 1 atom stereocenters. The van der Waals surface area contributed by atoms with Crippen LogP contribution in [0.3, 0.4) is 0 Å². The third-order valence-corrected chi connectivity index (χ3v) is 4.84. The second-order valence-electron chi connectivity index (χ2n) is 6.14. The molecule has 2 aromatic rings. The molecule has 0 aliphatic carbocycles. The van der Waals surface area contributed by atoms with Gasteiger partial charge in [0.15, 0.2) is 0 Å². The van der Waals surface area contributed by atoms with E-state index in [2.05, 4.69) is 74.2 Å². The first kappa shape index (κ1) is 16.2. The van der Waals surface area contributed by atoms with Crippen LogP contribution in [-0.2, 0) is 0 Å². The van der Waals surface area contributed by atoms with Gasteiger partial charge in [-0.25, -0.2) is 4.98 Å². The van der Waals surface area contributed by atoms with E-state index in [0.29, 0.717) is 11.9 Å². The summed E-state index contributed by atoms with van der Waals surface area (Å²) in [7, 11) is 0. The SMILES string of the molecule is CC(C)c1cc(N2CCNC(c3ccccc3Br)C2)nc(N)n1. The number of nitrogens with zero attached hydrogens (tertiary/aromatic N) is 3. The van der Waals surface area contributed by atoms with Gasteiger partial charge in [-0.3, -0.25) is 0 Å². The molecular formula is C17H22BrN5. The van der Waals surface area contributed by atoms with Crippen molar-refractivity contribution in [1.82, 2.24) is 15.3 Å². The van der Waals surface area contributed by atoms with Crippen molar-refractivity contribution in [3.8, 4) is 0 Å². The first-order valence-electron chi connectivity index (χ1n) is 7.92. The molecule has 3 N–H and O–H groups in total. The number of benzene rings is 1. The second-order valence-corrected chi connectivity index (χ2v) is 6.99. The van der Waals surface area contributed by atoms with E-state index in [9.17, 15) is 0 Å². The normalized spacial score (nSPS) is 18.4. The van der Waals surface area contributed by atoms with Crippen LogP contribution in [0.4, 0.5) is 11.8 Å². The Hall–Kier alpha value is -1.66. The average Bonchev–Trinajstić information content (AvgIpc) is 2.55. The summed E-state index contributed by atoms with van der Waals surface area (Å²) in [6.45, 7) is 6.92. The van der Waals surface area contributed by atoms with Crippen molar-refractivity contribution in [3.05, 3.63) is 46.1 Å². The number of aromatic nitrogens is 2. The van der Waals surface area contributed by atoms with Gasteiger partial charge in [0.1, 0.15) is 5.82 Å². The fourth-order valence-corrected chi connectivity index (χ4v) is 3.41. The molecule has 0 saturated carbocycles. The van der Waals surface area contributed by atoms with Crippen LogP contribution in [0.15, 0.2) is 34.8 Å². The Kier molecular flexibility index (Phi) is 4.82. The highest BCUT2D eigenvalue weighted by molar-refractivity contribution is 9.10. The lowest BCUT2D eigenvalue weighted by Crippen LogP contribution is -2.46. The van der Waals surface area contributed by atoms with Gasteiger partial charge in [-0.2, -0.15) is 4.98 Å². The van der Waals surface area contributed by atoms with Gasteiger partial charge in [0.2, 0.25) is 5.95 Å². The minimum Gasteiger partial charge on any atom is -0.368 e. The molecule has 6 heteroatoms. The van der Waals surface area contributed by atoms with Crippen molar-refractivity contribution >= 4 is 27.7 Å². The van der Waals surface area contributed by atoms with Crippen LogP contribution >= 0.6 is 15.9 Å². The lowest BCUT2D eigenvalue weighted by atomic mass is 10.0. The number of halogens is 1. The largest absolute Gasteiger partial charge is 0.368 e. The Morgan fingerprint density at radius 3 is 2.83 bits per heavy atom. The second kappa shape index (κ2) is 6.84. The lowest BCUT2D eigenvalue weighted by Gasteiger charge is -2.35. The van der Waals surface area contributed by atoms with Crippen LogP contribution in [-0.4, -0.2) is 29.6 Å². The Morgan fingerprint density at radius 2 is 2.09 bits per heavy atom. The number of nitrogen functional groups attached to an aromatic ring is 1. The summed E-state index contributed by atoms with van der Waals surface area (Å²) in [5, 5.41) is 3.58. The van der Waals surface area contributed by atoms with Crippen molar-refractivity contribution in [2.45, 2.75) is 25.8 Å². The van der Waals surface area contributed by atoms with Crippen molar-refractivity contribution < 1.29 is 0 Å². The van der Waals surface area contributed by atoms with Gasteiger partial charge < -0.3 is 16.0 Å². The summed E-state index contributed by atoms with van der Waals surface area (Å²) in [5.41, 5.74) is 8.16. The number of rotatable bonds is 3. The number of hydrogen-bond donors (Lipinski definition) is 2. The van der Waals surface area contributed by atoms with Crippen molar-refractivity contribution in [3.63, 3.8) is 0 Å². The van der Waals surface area contributed by atoms with E-state index >= 15 is 0 Å². The van der Waals surface area contributed by atoms with Gasteiger partial charge >= 0.3 is 0 Å². The fourth-order valence-electron chi connectivity index (χ4n) is 2.85. The molecule has 0 bridgehead atoms. The van der Waals surface area contributed by atoms with Crippen molar-refractivity contribution in [1.29, 1.82) is 0 Å². The summed E-state index contributed by atoms with van der Waals surface area (Å²) in [6, 6.07) is 10.7. The summed E-state index contributed by atoms with van der Waals surface area (Å²) in [6.07, 6.45) is 0. The van der Waals surface area contributed by atoms with Crippen molar-refractivity contribution in [2.24, 2.45) is 0 Å². The molecule has 1 unspecified atom stereocenters. The minimum absolute atomic E-state index is 0.262. The Balaban J connectivity index is 1.85. The molecule has 1 saturated heterocycles. The van der Waals surface area contributed by atoms with Crippen LogP contribution in [0.1, 0.15) is 37.1 Å². The maximum atomic E-state index is 5.90. The summed E-state index contributed by atoms with van der Waals surface area (Å²) in [4.78, 5) is 11.1. The summed E-state index contributed by atoms with van der Waals surface area (Å²) in [5.74, 6) is 1.60. The van der Waals surface area contributed by atoms with Gasteiger partial charge in [-0.15, -0.1) is 0 Å². The molecule has 3 rings (SSSR count). The molecule has 1 fully saturated rings. The number of nitrogens with one attached hydrogen (secondary N) is 1. The van der Waals surface area contributed by atoms with E-state index in [1.165, 1.54) is 5.56 Å². The van der Waals surface area contributed by atoms with Crippen LogP contribution in [0.2, 0.25) is 0 Å². The number of nitrogens with two attached hydrogens (primary N) is 1. The summed E-state index contributed by atoms with van der Waals surface area (Å²) >= 11 is 3.65. The Bertz CT molecular complexity index is 688. The van der Waals surface area contributed by atoms with E-state index < -0.39 is 0 Å². The lowest BCUT2D eigenvalue weighted by molar-refractivity contribution is 0.468. The Morgan fingerprint density at radius 1 is 1.30 bits per heavy atom. The highest BCUT2D eigenvalue weighted by atomic mass is 79.9. The minimum atomic E-state index is 0.262. The van der Waals surface area contributed by atoms with E-state index in [0.717, 1.165) is 35.6 Å². The zero-order valence-corrected chi connectivity index (χ0v) is 15.0. The van der Waals surface area contributed by atoms with E-state index in [1.54, 1.807) is 0 Å². The van der Waals surface area contributed by atoms with Crippen LogP contribution < -0.4 is 16.0 Å². The fraction of sp³-hybridized carbons (Fsp3) is 0.412. The van der Waals surface area contributed by atoms with E-state index in [4.69, 9.17) is 5.73 Å². The van der Waals surface area contributed by atoms with Crippen LogP contribution in [0, 0.1) is 0 Å². The Labute approximate surface area is 145 Å². The zero-order chi connectivity index (χ0) is 16.4. The topological polar surface area (TPSA) is 67.1 Å². The molecule has 0 radical (unpaired) electrons. The van der Waals surface area contributed by atoms with Crippen LogP contribution in [0.25, 0.3) is 0 Å². The third-order valence-electron chi connectivity index (χ3n) is 4.12. The molecular weight excluding hydrogens is 354 g/mol. The number of piperazine rings is 1. The third kappa shape index (κ3) is 3.64. The number of anilines is 2.